The summed E-state index contributed by atoms with van der Waals surface area (Å²) in [6, 6.07) is 9.81. The summed E-state index contributed by atoms with van der Waals surface area (Å²) in [5, 5.41) is 2.87. The number of hydrogen-bond acceptors (Lipinski definition) is 3. The van der Waals surface area contributed by atoms with Gasteiger partial charge in [0.25, 0.3) is 0 Å². The minimum Gasteiger partial charge on any atom is -0.383 e. The van der Waals surface area contributed by atoms with Crippen molar-refractivity contribution in [1.82, 2.24) is 10.2 Å². The van der Waals surface area contributed by atoms with Crippen LogP contribution in [0.15, 0.2) is 48.5 Å². The minimum atomic E-state index is -4.96. The van der Waals surface area contributed by atoms with E-state index in [0.717, 1.165) is 0 Å². The predicted octanol–water partition coefficient (Wildman–Crippen LogP) is 5.37. The third kappa shape index (κ3) is 5.82. The Labute approximate surface area is 192 Å². The molecule has 0 saturated carbocycles. The van der Waals surface area contributed by atoms with Crippen molar-refractivity contribution >= 4 is 6.03 Å². The predicted molar refractivity (Wildman–Crippen MR) is 111 cm³/mol. The Morgan fingerprint density at radius 2 is 1.62 bits per heavy atom. The number of benzene rings is 2. The molecule has 186 valence electrons. The largest absolute Gasteiger partial charge is 0.416 e. The summed E-state index contributed by atoms with van der Waals surface area (Å²) in [5.74, 6) is 0. The van der Waals surface area contributed by atoms with Crippen LogP contribution in [-0.2, 0) is 27.4 Å². The lowest BCUT2D eigenvalue weighted by molar-refractivity contribution is -0.143. The fourth-order valence-corrected chi connectivity index (χ4v) is 3.77. The minimum absolute atomic E-state index is 0.0759. The maximum absolute atomic E-state index is 13.2. The first-order chi connectivity index (χ1) is 15.9. The van der Waals surface area contributed by atoms with Crippen LogP contribution in [0, 0.1) is 0 Å². The molecule has 1 fully saturated rings. The highest BCUT2D eigenvalue weighted by atomic mass is 19.4. The summed E-state index contributed by atoms with van der Waals surface area (Å²) >= 11 is 0. The quantitative estimate of drug-likeness (QED) is 0.507. The Balaban J connectivity index is 1.88. The Morgan fingerprint density at radius 1 is 1.03 bits per heavy atom. The van der Waals surface area contributed by atoms with Gasteiger partial charge in [-0.3, -0.25) is 0 Å². The smallest absolute Gasteiger partial charge is 0.383 e. The Hall–Kier alpha value is -2.79. The van der Waals surface area contributed by atoms with Crippen molar-refractivity contribution in [2.45, 2.75) is 30.9 Å². The average Bonchev–Trinajstić information content (AvgIpc) is 3.11. The number of carbonyl (C=O) groups is 1. The van der Waals surface area contributed by atoms with Crippen LogP contribution in [0.4, 0.5) is 31.1 Å². The van der Waals surface area contributed by atoms with Crippen LogP contribution in [0.25, 0.3) is 0 Å². The number of amides is 2. The first kappa shape index (κ1) is 25.8. The summed E-state index contributed by atoms with van der Waals surface area (Å²) in [6.45, 7) is 1.97. The van der Waals surface area contributed by atoms with E-state index in [2.05, 4.69) is 5.32 Å². The molecule has 2 atom stereocenters. The molecule has 0 aliphatic carbocycles. The number of urea groups is 1. The summed E-state index contributed by atoms with van der Waals surface area (Å²) in [4.78, 5) is 14.1. The zero-order valence-electron chi connectivity index (χ0n) is 18.5. The van der Waals surface area contributed by atoms with Gasteiger partial charge < -0.3 is 19.7 Å². The third-order valence-electron chi connectivity index (χ3n) is 5.65. The lowest BCUT2D eigenvalue weighted by Gasteiger charge is -2.31. The molecule has 5 nitrogen and oxygen atoms in total. The van der Waals surface area contributed by atoms with E-state index in [1.54, 1.807) is 30.3 Å². The SMILES string of the molecule is COCCN1C[C@@](CO[C@H](C)c2cc(C(F)(F)F)cc(C(F)(F)F)c2)(c2ccccc2)NC1=O. The van der Waals surface area contributed by atoms with Gasteiger partial charge in [0, 0.05) is 13.7 Å². The molecule has 3 rings (SSSR count). The van der Waals surface area contributed by atoms with Gasteiger partial charge in [-0.25, -0.2) is 4.79 Å². The highest BCUT2D eigenvalue weighted by Gasteiger charge is 2.44. The van der Waals surface area contributed by atoms with Gasteiger partial charge in [-0.2, -0.15) is 26.3 Å². The molecule has 1 aliphatic heterocycles. The van der Waals surface area contributed by atoms with E-state index in [0.29, 0.717) is 30.8 Å². The van der Waals surface area contributed by atoms with Gasteiger partial charge >= 0.3 is 18.4 Å². The molecule has 2 amide bonds. The number of carbonyl (C=O) groups excluding carboxylic acids is 1. The second-order valence-corrected chi connectivity index (χ2v) is 8.09. The van der Waals surface area contributed by atoms with Crippen LogP contribution in [0.3, 0.4) is 0 Å². The van der Waals surface area contributed by atoms with Crippen LogP contribution < -0.4 is 5.32 Å². The highest BCUT2D eigenvalue weighted by Crippen LogP contribution is 2.38. The molecule has 1 aliphatic rings. The van der Waals surface area contributed by atoms with Gasteiger partial charge in [0.05, 0.1) is 37.0 Å². The van der Waals surface area contributed by atoms with Gasteiger partial charge in [0.2, 0.25) is 0 Å². The molecule has 11 heteroatoms. The zero-order valence-corrected chi connectivity index (χ0v) is 18.5. The lowest BCUT2D eigenvalue weighted by atomic mass is 9.91. The molecular weight excluding hydrogens is 466 g/mol. The summed E-state index contributed by atoms with van der Waals surface area (Å²) in [5.41, 5.74) is -3.45. The fraction of sp³-hybridized carbons (Fsp3) is 0.435. The number of methoxy groups -OCH3 is 1. The number of rotatable bonds is 8. The van der Waals surface area contributed by atoms with Crippen LogP contribution in [0.2, 0.25) is 0 Å². The molecular formula is C23H24F6N2O3. The van der Waals surface area contributed by atoms with Crippen molar-refractivity contribution in [3.63, 3.8) is 0 Å². The van der Waals surface area contributed by atoms with Crippen molar-refractivity contribution < 1.29 is 40.6 Å². The van der Waals surface area contributed by atoms with E-state index in [4.69, 9.17) is 9.47 Å². The highest BCUT2D eigenvalue weighted by molar-refractivity contribution is 5.78. The first-order valence-corrected chi connectivity index (χ1v) is 10.4. The van der Waals surface area contributed by atoms with E-state index < -0.39 is 35.1 Å². The summed E-state index contributed by atoms with van der Waals surface area (Å²) < 4.78 is 90.2. The van der Waals surface area contributed by atoms with E-state index >= 15 is 0 Å². The van der Waals surface area contributed by atoms with Crippen molar-refractivity contribution in [2.24, 2.45) is 0 Å². The molecule has 0 radical (unpaired) electrons. The molecule has 0 aromatic heterocycles. The van der Waals surface area contributed by atoms with Crippen molar-refractivity contribution in [1.29, 1.82) is 0 Å². The second-order valence-electron chi connectivity index (χ2n) is 8.09. The Bertz CT molecular complexity index is 964. The second kappa shape index (κ2) is 9.83. The maximum Gasteiger partial charge on any atom is 0.416 e. The van der Waals surface area contributed by atoms with Gasteiger partial charge in [-0.15, -0.1) is 0 Å². The molecule has 0 bridgehead atoms. The van der Waals surface area contributed by atoms with Crippen molar-refractivity contribution in [2.75, 3.05) is 33.4 Å². The molecule has 0 spiro atoms. The number of alkyl halides is 6. The van der Waals surface area contributed by atoms with Gasteiger partial charge in [0.15, 0.2) is 0 Å². The summed E-state index contributed by atoms with van der Waals surface area (Å²) in [6.07, 6.45) is -11.0. The monoisotopic (exact) mass is 490 g/mol. The zero-order chi connectivity index (χ0) is 25.1. The van der Waals surface area contributed by atoms with Crippen LogP contribution in [0.1, 0.15) is 35.3 Å². The molecule has 34 heavy (non-hydrogen) atoms. The van der Waals surface area contributed by atoms with Gasteiger partial charge in [0.1, 0.15) is 5.54 Å². The number of nitrogens with zero attached hydrogens (tertiary/aromatic N) is 1. The Morgan fingerprint density at radius 3 is 2.15 bits per heavy atom. The molecule has 2 aromatic rings. The fourth-order valence-electron chi connectivity index (χ4n) is 3.77. The third-order valence-corrected chi connectivity index (χ3v) is 5.65. The molecule has 1 N–H and O–H groups in total. The van der Waals surface area contributed by atoms with Crippen LogP contribution >= 0.6 is 0 Å². The van der Waals surface area contributed by atoms with Crippen molar-refractivity contribution in [3.8, 4) is 0 Å². The maximum atomic E-state index is 13.2. The van der Waals surface area contributed by atoms with Gasteiger partial charge in [-0.1, -0.05) is 30.3 Å². The van der Waals surface area contributed by atoms with Crippen LogP contribution in [0.5, 0.6) is 0 Å². The number of ether oxygens (including phenoxy) is 2. The van der Waals surface area contributed by atoms with Crippen LogP contribution in [-0.4, -0.2) is 44.3 Å². The number of nitrogens with one attached hydrogen (secondary N) is 1. The Kier molecular flexibility index (Phi) is 7.47. The molecule has 2 aromatic carbocycles. The number of halogens is 6. The van der Waals surface area contributed by atoms with E-state index in [1.165, 1.54) is 18.9 Å². The van der Waals surface area contributed by atoms with E-state index in [1.807, 2.05) is 0 Å². The summed E-state index contributed by atoms with van der Waals surface area (Å²) in [7, 11) is 1.49. The number of hydrogen-bond donors (Lipinski definition) is 1. The standard InChI is InChI=1S/C23H24F6N2O3/c1-15(16-10-18(22(24,25)26)12-19(11-16)23(27,28)29)34-14-21(17-6-4-3-5-7-17)13-31(8-9-33-2)20(32)30-21/h3-7,10-12,15H,8-9,13-14H2,1-2H3,(H,30,32)/t15-,21-/m1/s1. The topological polar surface area (TPSA) is 50.8 Å². The molecule has 1 saturated heterocycles. The van der Waals surface area contributed by atoms with E-state index in [-0.39, 0.29) is 30.8 Å². The van der Waals surface area contributed by atoms with E-state index in [9.17, 15) is 31.1 Å². The molecule has 0 unspecified atom stereocenters. The van der Waals surface area contributed by atoms with Crippen molar-refractivity contribution in [3.05, 3.63) is 70.8 Å². The average molecular weight is 490 g/mol. The lowest BCUT2D eigenvalue weighted by Crippen LogP contribution is -2.45. The van der Waals surface area contributed by atoms with Gasteiger partial charge in [-0.05, 0) is 36.2 Å². The molecule has 1 heterocycles. The first-order valence-electron chi connectivity index (χ1n) is 10.4. The normalized spacial score (nSPS) is 19.9.